The molecule has 0 aliphatic heterocycles. The number of nitrogens with two attached hydrogens (primary N) is 1. The average molecular weight is 456 g/mol. The molecule has 0 aliphatic carbocycles. The van der Waals surface area contributed by atoms with Gasteiger partial charge in [-0.15, -0.1) is 0 Å². The average Bonchev–Trinajstić information content (AvgIpc) is 2.62. The topological polar surface area (TPSA) is 88.6 Å². The predicted octanol–water partition coefficient (Wildman–Crippen LogP) is 4.87. The highest BCUT2D eigenvalue weighted by atomic mass is 35.5. The summed E-state index contributed by atoms with van der Waals surface area (Å²) >= 11 is 5.53. The SMILES string of the molecule is N=C(N)N(Cc1ccc(Oc2ccc(Cl)c(C(F)(F)F)c2)cc1)OC(=O)C(F)(F)F. The van der Waals surface area contributed by atoms with Crippen molar-refractivity contribution in [3.8, 4) is 11.5 Å². The molecule has 0 bridgehead atoms. The van der Waals surface area contributed by atoms with E-state index < -0.39 is 41.4 Å². The van der Waals surface area contributed by atoms with E-state index in [1.54, 1.807) is 0 Å². The van der Waals surface area contributed by atoms with Crippen molar-refractivity contribution in [3.63, 3.8) is 0 Å². The second kappa shape index (κ2) is 8.69. The molecule has 0 fully saturated rings. The summed E-state index contributed by atoms with van der Waals surface area (Å²) in [6.07, 6.45) is -9.95. The van der Waals surface area contributed by atoms with E-state index in [1.165, 1.54) is 30.3 Å². The molecule has 0 radical (unpaired) electrons. The van der Waals surface area contributed by atoms with Crippen LogP contribution in [0, 0.1) is 5.41 Å². The number of carbonyl (C=O) groups is 1. The number of hydrogen-bond donors (Lipinski definition) is 2. The predicted molar refractivity (Wildman–Crippen MR) is 92.6 cm³/mol. The van der Waals surface area contributed by atoms with Gasteiger partial charge in [-0.05, 0) is 35.9 Å². The van der Waals surface area contributed by atoms with Gasteiger partial charge in [0.15, 0.2) is 0 Å². The molecule has 0 saturated carbocycles. The van der Waals surface area contributed by atoms with Gasteiger partial charge in [0.1, 0.15) is 11.5 Å². The number of hydroxylamine groups is 2. The number of rotatable bonds is 4. The van der Waals surface area contributed by atoms with Crippen molar-refractivity contribution in [3.05, 3.63) is 58.6 Å². The lowest BCUT2D eigenvalue weighted by molar-refractivity contribution is -0.227. The smallest absolute Gasteiger partial charge is 0.457 e. The van der Waals surface area contributed by atoms with Crippen molar-refractivity contribution in [2.24, 2.45) is 5.73 Å². The van der Waals surface area contributed by atoms with Crippen molar-refractivity contribution in [1.82, 2.24) is 5.06 Å². The molecule has 13 heteroatoms. The van der Waals surface area contributed by atoms with Crippen molar-refractivity contribution in [2.75, 3.05) is 0 Å². The van der Waals surface area contributed by atoms with E-state index in [0.29, 0.717) is 6.07 Å². The number of halogens is 7. The molecule has 0 atom stereocenters. The van der Waals surface area contributed by atoms with Gasteiger partial charge in [-0.3, -0.25) is 5.41 Å². The highest BCUT2D eigenvalue weighted by molar-refractivity contribution is 6.31. The Morgan fingerprint density at radius 2 is 1.60 bits per heavy atom. The first-order valence-corrected chi connectivity index (χ1v) is 8.19. The molecule has 0 aliphatic rings. The zero-order valence-corrected chi connectivity index (χ0v) is 15.4. The zero-order chi connectivity index (χ0) is 22.7. The molecular weight excluding hydrogens is 444 g/mol. The number of alkyl halides is 6. The number of hydrogen-bond acceptors (Lipinski definition) is 4. The second-order valence-corrected chi connectivity index (χ2v) is 6.09. The summed E-state index contributed by atoms with van der Waals surface area (Å²) in [6.45, 7) is -0.489. The van der Waals surface area contributed by atoms with Crippen molar-refractivity contribution in [1.29, 1.82) is 5.41 Å². The summed E-state index contributed by atoms with van der Waals surface area (Å²) in [4.78, 5) is 14.9. The van der Waals surface area contributed by atoms with Crippen LogP contribution in [0.25, 0.3) is 0 Å². The maximum atomic E-state index is 12.9. The molecule has 0 unspecified atom stereocenters. The zero-order valence-electron chi connectivity index (χ0n) is 14.6. The Morgan fingerprint density at radius 3 is 2.10 bits per heavy atom. The van der Waals surface area contributed by atoms with E-state index in [1.807, 2.05) is 0 Å². The Balaban J connectivity index is 2.11. The highest BCUT2D eigenvalue weighted by Crippen LogP contribution is 2.37. The van der Waals surface area contributed by atoms with Gasteiger partial charge in [0.2, 0.25) is 5.96 Å². The van der Waals surface area contributed by atoms with Crippen LogP contribution < -0.4 is 10.5 Å². The molecule has 162 valence electrons. The third-order valence-electron chi connectivity index (χ3n) is 3.42. The summed E-state index contributed by atoms with van der Waals surface area (Å²) in [7, 11) is 0. The summed E-state index contributed by atoms with van der Waals surface area (Å²) < 4.78 is 80.9. The van der Waals surface area contributed by atoms with Crippen LogP contribution in [0.2, 0.25) is 5.02 Å². The molecule has 0 spiro atoms. The van der Waals surface area contributed by atoms with Crippen LogP contribution in [0.3, 0.4) is 0 Å². The maximum absolute atomic E-state index is 12.9. The molecule has 0 saturated heterocycles. The number of ether oxygens (including phenoxy) is 1. The Labute approximate surface area is 170 Å². The molecule has 0 amide bonds. The minimum atomic E-state index is -5.28. The Bertz CT molecular complexity index is 932. The lowest BCUT2D eigenvalue weighted by Crippen LogP contribution is -2.41. The van der Waals surface area contributed by atoms with Gasteiger partial charge >= 0.3 is 18.3 Å². The van der Waals surface area contributed by atoms with Gasteiger partial charge in [0.25, 0.3) is 0 Å². The van der Waals surface area contributed by atoms with Gasteiger partial charge in [0.05, 0.1) is 17.1 Å². The van der Waals surface area contributed by atoms with Gasteiger partial charge in [0, 0.05) is 0 Å². The number of benzene rings is 2. The Hall–Kier alpha value is -3.15. The molecule has 3 N–H and O–H groups in total. The fraction of sp³-hybridized carbons (Fsp3) is 0.176. The lowest BCUT2D eigenvalue weighted by atomic mass is 10.2. The van der Waals surface area contributed by atoms with Gasteiger partial charge < -0.3 is 15.3 Å². The number of guanidine groups is 1. The van der Waals surface area contributed by atoms with Crippen LogP contribution in [0.4, 0.5) is 26.3 Å². The molecule has 0 heterocycles. The van der Waals surface area contributed by atoms with Gasteiger partial charge in [-0.1, -0.05) is 23.7 Å². The highest BCUT2D eigenvalue weighted by Gasteiger charge is 2.43. The van der Waals surface area contributed by atoms with Crippen molar-refractivity contribution < 1.29 is 40.7 Å². The molecular formula is C17H12ClF6N3O3. The molecule has 2 aromatic rings. The number of carbonyl (C=O) groups excluding carboxylic acids is 1. The lowest BCUT2D eigenvalue weighted by Gasteiger charge is -2.21. The summed E-state index contributed by atoms with van der Waals surface area (Å²) in [5.74, 6) is -3.55. The summed E-state index contributed by atoms with van der Waals surface area (Å²) in [5.41, 5.74) is 4.29. The fourth-order valence-corrected chi connectivity index (χ4v) is 2.29. The van der Waals surface area contributed by atoms with E-state index in [-0.39, 0.29) is 22.1 Å². The summed E-state index contributed by atoms with van der Waals surface area (Å²) in [5, 5.41) is 6.93. The third-order valence-corrected chi connectivity index (χ3v) is 3.75. The van der Waals surface area contributed by atoms with Crippen molar-refractivity contribution >= 4 is 23.5 Å². The minimum Gasteiger partial charge on any atom is -0.457 e. The first kappa shape index (κ1) is 23.1. The van der Waals surface area contributed by atoms with E-state index >= 15 is 0 Å². The summed E-state index contributed by atoms with van der Waals surface area (Å²) in [6, 6.07) is 8.22. The first-order valence-electron chi connectivity index (χ1n) is 7.81. The number of nitrogens with one attached hydrogen (secondary N) is 1. The van der Waals surface area contributed by atoms with Crippen LogP contribution >= 0.6 is 11.6 Å². The second-order valence-electron chi connectivity index (χ2n) is 5.68. The van der Waals surface area contributed by atoms with E-state index in [2.05, 4.69) is 4.84 Å². The standard InChI is InChI=1S/C17H12ClF6N3O3/c18-13-6-5-11(7-12(13)16(19,20)21)29-10-3-1-9(2-4-10)8-27(15(25)26)30-14(28)17(22,23)24/h1-7H,8H2,(H3,25,26). The largest absolute Gasteiger partial charge is 0.493 e. The Morgan fingerprint density at radius 1 is 1.03 bits per heavy atom. The minimum absolute atomic E-state index is 0.107. The normalized spacial score (nSPS) is 11.7. The molecule has 2 rings (SSSR count). The monoisotopic (exact) mass is 455 g/mol. The number of nitrogens with zero attached hydrogens (tertiary/aromatic N) is 1. The fourth-order valence-electron chi connectivity index (χ4n) is 2.07. The molecule has 2 aromatic carbocycles. The molecule has 0 aromatic heterocycles. The first-order chi connectivity index (χ1) is 13.8. The quantitative estimate of drug-likeness (QED) is 0.297. The maximum Gasteiger partial charge on any atom is 0.493 e. The molecule has 6 nitrogen and oxygen atoms in total. The van der Waals surface area contributed by atoms with Crippen LogP contribution in [-0.2, 0) is 22.4 Å². The third kappa shape index (κ3) is 6.17. The van der Waals surface area contributed by atoms with Crippen LogP contribution in [0.1, 0.15) is 11.1 Å². The van der Waals surface area contributed by atoms with Gasteiger partial charge in [-0.2, -0.15) is 31.4 Å². The van der Waals surface area contributed by atoms with Crippen LogP contribution in [0.15, 0.2) is 42.5 Å². The Kier molecular flexibility index (Phi) is 6.70. The van der Waals surface area contributed by atoms with Crippen molar-refractivity contribution in [2.45, 2.75) is 18.9 Å². The van der Waals surface area contributed by atoms with Crippen LogP contribution in [0.5, 0.6) is 11.5 Å². The van der Waals surface area contributed by atoms with Gasteiger partial charge in [-0.25, -0.2) is 4.79 Å². The molecule has 30 heavy (non-hydrogen) atoms. The van der Waals surface area contributed by atoms with E-state index in [4.69, 9.17) is 27.5 Å². The van der Waals surface area contributed by atoms with E-state index in [0.717, 1.165) is 6.07 Å². The van der Waals surface area contributed by atoms with E-state index in [9.17, 15) is 31.1 Å². The van der Waals surface area contributed by atoms with Crippen LogP contribution in [-0.4, -0.2) is 23.2 Å².